The van der Waals surface area contributed by atoms with Crippen molar-refractivity contribution in [2.75, 3.05) is 24.8 Å². The molecule has 0 fully saturated rings. The number of ether oxygens (including phenoxy) is 1. The maximum atomic E-state index is 5.38. The first-order chi connectivity index (χ1) is 10.2. The number of aromatic nitrogens is 4. The number of fused-ring (bicyclic) bond motifs is 1. The first kappa shape index (κ1) is 13.2. The highest BCUT2D eigenvalue weighted by atomic mass is 16.5. The first-order valence-electron chi connectivity index (χ1n) is 6.52. The summed E-state index contributed by atoms with van der Waals surface area (Å²) >= 11 is 0. The fourth-order valence-corrected chi connectivity index (χ4v) is 2.09. The topological polar surface area (TPSA) is 87.8 Å². The quantitative estimate of drug-likeness (QED) is 0.682. The van der Waals surface area contributed by atoms with E-state index in [2.05, 4.69) is 30.8 Å². The van der Waals surface area contributed by atoms with Crippen molar-refractivity contribution < 1.29 is 4.74 Å². The highest BCUT2D eigenvalue weighted by molar-refractivity contribution is 5.89. The highest BCUT2D eigenvalue weighted by Crippen LogP contribution is 2.30. The lowest BCUT2D eigenvalue weighted by molar-refractivity contribution is 0.416. The van der Waals surface area contributed by atoms with Gasteiger partial charge in [-0.1, -0.05) is 6.07 Å². The van der Waals surface area contributed by atoms with E-state index in [9.17, 15) is 0 Å². The molecule has 21 heavy (non-hydrogen) atoms. The number of anilines is 3. The Labute approximate surface area is 121 Å². The van der Waals surface area contributed by atoms with Crippen molar-refractivity contribution in [2.24, 2.45) is 0 Å². The van der Waals surface area contributed by atoms with Crippen molar-refractivity contribution >= 4 is 28.5 Å². The van der Waals surface area contributed by atoms with E-state index in [1.807, 2.05) is 25.1 Å². The van der Waals surface area contributed by atoms with Crippen LogP contribution in [-0.2, 0) is 0 Å². The van der Waals surface area contributed by atoms with Gasteiger partial charge in [-0.3, -0.25) is 5.10 Å². The van der Waals surface area contributed by atoms with Crippen molar-refractivity contribution in [3.63, 3.8) is 0 Å². The molecule has 3 rings (SSSR count). The maximum Gasteiger partial charge on any atom is 0.226 e. The van der Waals surface area contributed by atoms with Crippen LogP contribution in [-0.4, -0.2) is 34.3 Å². The summed E-state index contributed by atoms with van der Waals surface area (Å²) in [6.07, 6.45) is 1.69. The smallest absolute Gasteiger partial charge is 0.226 e. The van der Waals surface area contributed by atoms with Gasteiger partial charge in [0.05, 0.1) is 24.4 Å². The van der Waals surface area contributed by atoms with E-state index >= 15 is 0 Å². The van der Waals surface area contributed by atoms with Crippen molar-refractivity contribution in [3.05, 3.63) is 30.0 Å². The van der Waals surface area contributed by atoms with Gasteiger partial charge in [0, 0.05) is 7.05 Å². The molecule has 0 spiro atoms. The number of nitrogens with zero attached hydrogens (tertiary/aromatic N) is 3. The first-order valence-corrected chi connectivity index (χ1v) is 6.52. The molecule has 1 aromatic carbocycles. The Hall–Kier alpha value is -2.83. The largest absolute Gasteiger partial charge is 0.495 e. The lowest BCUT2D eigenvalue weighted by Crippen LogP contribution is -2.02. The van der Waals surface area contributed by atoms with Crippen LogP contribution in [0.5, 0.6) is 5.75 Å². The second kappa shape index (κ2) is 5.28. The van der Waals surface area contributed by atoms with Crippen LogP contribution in [0, 0.1) is 6.92 Å². The number of methoxy groups -OCH3 is 1. The second-order valence-electron chi connectivity index (χ2n) is 4.61. The molecule has 0 aliphatic rings. The molecule has 7 heteroatoms. The molecule has 0 aliphatic carbocycles. The van der Waals surface area contributed by atoms with Gasteiger partial charge in [0.1, 0.15) is 11.6 Å². The average Bonchev–Trinajstić information content (AvgIpc) is 2.96. The minimum Gasteiger partial charge on any atom is -0.495 e. The Kier molecular flexibility index (Phi) is 3.31. The van der Waals surface area contributed by atoms with Gasteiger partial charge in [-0.15, -0.1) is 0 Å². The van der Waals surface area contributed by atoms with E-state index in [4.69, 9.17) is 4.74 Å². The number of hydrogen-bond acceptors (Lipinski definition) is 6. The fourth-order valence-electron chi connectivity index (χ4n) is 2.09. The Balaban J connectivity index is 2.09. The molecule has 0 bridgehead atoms. The molecule has 3 aromatic rings. The van der Waals surface area contributed by atoms with Crippen LogP contribution in [0.15, 0.2) is 24.4 Å². The van der Waals surface area contributed by atoms with Crippen molar-refractivity contribution in [1.29, 1.82) is 0 Å². The summed E-state index contributed by atoms with van der Waals surface area (Å²) in [6, 6.07) is 5.92. The van der Waals surface area contributed by atoms with Crippen molar-refractivity contribution in [3.8, 4) is 5.75 Å². The normalized spacial score (nSPS) is 10.6. The van der Waals surface area contributed by atoms with E-state index in [-0.39, 0.29) is 0 Å². The number of aromatic amines is 1. The maximum absolute atomic E-state index is 5.38. The molecule has 3 N–H and O–H groups in total. The lowest BCUT2D eigenvalue weighted by Gasteiger charge is -2.12. The summed E-state index contributed by atoms with van der Waals surface area (Å²) in [6.45, 7) is 2.02. The van der Waals surface area contributed by atoms with Gasteiger partial charge in [-0.05, 0) is 24.6 Å². The zero-order valence-electron chi connectivity index (χ0n) is 12.1. The molecule has 0 aliphatic heterocycles. The Morgan fingerprint density at radius 1 is 1.24 bits per heavy atom. The van der Waals surface area contributed by atoms with E-state index in [0.717, 1.165) is 22.4 Å². The molecule has 0 unspecified atom stereocenters. The summed E-state index contributed by atoms with van der Waals surface area (Å²) in [5.41, 5.74) is 2.65. The van der Waals surface area contributed by atoms with Gasteiger partial charge < -0.3 is 15.4 Å². The molecule has 2 heterocycles. The number of nitrogens with one attached hydrogen (secondary N) is 3. The van der Waals surface area contributed by atoms with Crippen molar-refractivity contribution in [1.82, 2.24) is 20.2 Å². The van der Waals surface area contributed by atoms with Gasteiger partial charge in [-0.25, -0.2) is 0 Å². The van der Waals surface area contributed by atoms with Crippen LogP contribution < -0.4 is 15.4 Å². The van der Waals surface area contributed by atoms with Crippen LogP contribution in [0.25, 0.3) is 11.0 Å². The number of benzene rings is 1. The molecule has 0 amide bonds. The minimum atomic E-state index is 0.515. The molecule has 0 atom stereocenters. The standard InChI is InChI=1S/C14H16N6O/c1-8-4-5-11(21-3)10(6-8)17-12-9-7-16-20-13(9)19-14(15-2)18-12/h4-7H,1-3H3,(H3,15,16,17,18,19,20). The summed E-state index contributed by atoms with van der Waals surface area (Å²) in [5.74, 6) is 1.93. The van der Waals surface area contributed by atoms with Crippen LogP contribution in [0.2, 0.25) is 0 Å². The van der Waals surface area contributed by atoms with Crippen LogP contribution in [0.4, 0.5) is 17.5 Å². The van der Waals surface area contributed by atoms with Gasteiger partial charge in [0.15, 0.2) is 5.65 Å². The predicted octanol–water partition coefficient (Wildman–Crippen LogP) is 2.46. The molecule has 108 valence electrons. The van der Waals surface area contributed by atoms with Crippen molar-refractivity contribution in [2.45, 2.75) is 6.92 Å². The lowest BCUT2D eigenvalue weighted by atomic mass is 10.2. The fraction of sp³-hybridized carbons (Fsp3) is 0.214. The van der Waals surface area contributed by atoms with Crippen LogP contribution in [0.3, 0.4) is 0 Å². The number of rotatable bonds is 4. The van der Waals surface area contributed by atoms with Gasteiger partial charge >= 0.3 is 0 Å². The summed E-state index contributed by atoms with van der Waals surface area (Å²) < 4.78 is 5.38. The molecule has 0 saturated carbocycles. The summed E-state index contributed by atoms with van der Waals surface area (Å²) in [7, 11) is 3.41. The summed E-state index contributed by atoms with van der Waals surface area (Å²) in [4.78, 5) is 8.75. The van der Waals surface area contributed by atoms with Crippen LogP contribution in [0.1, 0.15) is 5.56 Å². The third-order valence-electron chi connectivity index (χ3n) is 3.14. The molecule has 7 nitrogen and oxygen atoms in total. The average molecular weight is 284 g/mol. The number of hydrogen-bond donors (Lipinski definition) is 3. The highest BCUT2D eigenvalue weighted by Gasteiger charge is 2.11. The van der Waals surface area contributed by atoms with E-state index < -0.39 is 0 Å². The molecule has 0 radical (unpaired) electrons. The van der Waals surface area contributed by atoms with Gasteiger partial charge in [-0.2, -0.15) is 15.1 Å². The van der Waals surface area contributed by atoms with E-state index in [1.54, 1.807) is 20.4 Å². The van der Waals surface area contributed by atoms with Gasteiger partial charge in [0.2, 0.25) is 5.95 Å². The Morgan fingerprint density at radius 2 is 2.10 bits per heavy atom. The Morgan fingerprint density at radius 3 is 2.86 bits per heavy atom. The molecule has 0 saturated heterocycles. The summed E-state index contributed by atoms with van der Waals surface area (Å²) in [5, 5.41) is 13.9. The monoisotopic (exact) mass is 284 g/mol. The van der Waals surface area contributed by atoms with Crippen LogP contribution >= 0.6 is 0 Å². The minimum absolute atomic E-state index is 0.515. The van der Waals surface area contributed by atoms with Gasteiger partial charge in [0.25, 0.3) is 0 Å². The number of H-pyrrole nitrogens is 1. The molecular formula is C14H16N6O. The third-order valence-corrected chi connectivity index (χ3v) is 3.14. The predicted molar refractivity (Wildman–Crippen MR) is 82.2 cm³/mol. The third kappa shape index (κ3) is 2.45. The zero-order chi connectivity index (χ0) is 14.8. The second-order valence-corrected chi connectivity index (χ2v) is 4.61. The molecule has 2 aromatic heterocycles. The zero-order valence-corrected chi connectivity index (χ0v) is 12.1. The SMILES string of the molecule is CNc1nc(Nc2cc(C)ccc2OC)c2cn[nH]c2n1. The molecular weight excluding hydrogens is 268 g/mol. The number of aryl methyl sites for hydroxylation is 1. The van der Waals surface area contributed by atoms with E-state index in [0.29, 0.717) is 17.4 Å². The van der Waals surface area contributed by atoms with E-state index in [1.165, 1.54) is 0 Å². The Bertz CT molecular complexity index is 782.